The Balaban J connectivity index is 0.00000484. The third kappa shape index (κ3) is 9.72. The maximum Gasteiger partial charge on any atom is 0.257 e. The Morgan fingerprint density at radius 2 is 1.83 bits per heavy atom. The molecule has 1 aromatic carbocycles. The average Bonchev–Trinajstić information content (AvgIpc) is 2.51. The van der Waals surface area contributed by atoms with Gasteiger partial charge in [0.15, 0.2) is 6.61 Å². The van der Waals surface area contributed by atoms with E-state index in [1.165, 1.54) is 0 Å². The minimum atomic E-state index is -0.165. The molecule has 0 spiro atoms. The average molecular weight is 346 g/mol. The van der Waals surface area contributed by atoms with Gasteiger partial charge in [-0.1, -0.05) is 0 Å². The summed E-state index contributed by atoms with van der Waals surface area (Å²) in [5.74, 6) is 0.275. The minimum absolute atomic E-state index is 0. The van der Waals surface area contributed by atoms with Crippen LogP contribution < -0.4 is 20.7 Å². The topological polar surface area (TPSA) is 88.7 Å². The number of ether oxygens (including phenoxy) is 2. The lowest BCUT2D eigenvalue weighted by Crippen LogP contribution is -2.30. The van der Waals surface area contributed by atoms with Crippen molar-refractivity contribution in [3.05, 3.63) is 24.3 Å². The molecule has 1 rings (SSSR count). The highest BCUT2D eigenvalue weighted by atomic mass is 35.5. The zero-order chi connectivity index (χ0) is 16.2. The second kappa shape index (κ2) is 12.7. The number of hydrogen-bond donors (Lipinski definition) is 3. The second-order valence-corrected chi connectivity index (χ2v) is 4.48. The fraction of sp³-hybridized carbons (Fsp3) is 0.467. The van der Waals surface area contributed by atoms with Crippen LogP contribution in [0.1, 0.15) is 6.92 Å². The van der Waals surface area contributed by atoms with Crippen molar-refractivity contribution in [3.8, 4) is 5.75 Å². The first-order valence-corrected chi connectivity index (χ1v) is 7.14. The number of hydrogen-bond acceptors (Lipinski definition) is 5. The smallest absolute Gasteiger partial charge is 0.257 e. The van der Waals surface area contributed by atoms with Gasteiger partial charge in [0.2, 0.25) is 5.91 Å². The van der Waals surface area contributed by atoms with Crippen molar-refractivity contribution in [1.29, 1.82) is 0 Å². The Morgan fingerprint density at radius 1 is 1.13 bits per heavy atom. The lowest BCUT2D eigenvalue weighted by Gasteiger charge is -2.09. The number of benzene rings is 1. The summed E-state index contributed by atoms with van der Waals surface area (Å²) in [6, 6.07) is 6.85. The summed E-state index contributed by atoms with van der Waals surface area (Å²) in [7, 11) is 1.61. The van der Waals surface area contributed by atoms with Crippen molar-refractivity contribution in [2.24, 2.45) is 0 Å². The summed E-state index contributed by atoms with van der Waals surface area (Å²) in [6.07, 6.45) is 0. The van der Waals surface area contributed by atoms with Gasteiger partial charge in [-0.3, -0.25) is 9.59 Å². The molecule has 0 fully saturated rings. The molecule has 0 bridgehead atoms. The van der Waals surface area contributed by atoms with E-state index in [1.54, 1.807) is 31.4 Å². The Morgan fingerprint density at radius 3 is 2.43 bits per heavy atom. The monoisotopic (exact) mass is 345 g/mol. The Bertz CT molecular complexity index is 468. The zero-order valence-electron chi connectivity index (χ0n) is 13.4. The standard InChI is InChI=1S/C15H23N3O4.ClH/c1-3-17-15(20)11-22-13-6-4-12(5-7-13)18-14(19)10-16-8-9-21-2;/h4-7,16H,3,8-11H2,1-2H3,(H,17,20)(H,18,19);1H. The van der Waals surface area contributed by atoms with Gasteiger partial charge in [0.05, 0.1) is 13.2 Å². The van der Waals surface area contributed by atoms with E-state index >= 15 is 0 Å². The maximum absolute atomic E-state index is 11.6. The zero-order valence-corrected chi connectivity index (χ0v) is 14.2. The van der Waals surface area contributed by atoms with E-state index in [0.29, 0.717) is 31.1 Å². The van der Waals surface area contributed by atoms with Crippen LogP contribution in [-0.4, -0.2) is 51.8 Å². The van der Waals surface area contributed by atoms with Gasteiger partial charge in [-0.2, -0.15) is 0 Å². The van der Waals surface area contributed by atoms with Crippen LogP contribution >= 0.6 is 12.4 Å². The van der Waals surface area contributed by atoms with Gasteiger partial charge in [0.1, 0.15) is 5.75 Å². The molecule has 0 aliphatic rings. The third-order valence-corrected chi connectivity index (χ3v) is 2.65. The normalized spacial score (nSPS) is 9.65. The molecule has 7 nitrogen and oxygen atoms in total. The lowest BCUT2D eigenvalue weighted by molar-refractivity contribution is -0.123. The van der Waals surface area contributed by atoms with Gasteiger partial charge in [-0.25, -0.2) is 0 Å². The molecule has 0 aromatic heterocycles. The van der Waals surface area contributed by atoms with Gasteiger partial charge < -0.3 is 25.4 Å². The summed E-state index contributed by atoms with van der Waals surface area (Å²) in [5, 5.41) is 8.36. The first-order chi connectivity index (χ1) is 10.7. The molecular formula is C15H24ClN3O4. The number of amides is 2. The van der Waals surface area contributed by atoms with Crippen molar-refractivity contribution in [3.63, 3.8) is 0 Å². The molecule has 0 aliphatic heterocycles. The van der Waals surface area contributed by atoms with Crippen molar-refractivity contribution in [2.45, 2.75) is 6.92 Å². The fourth-order valence-electron chi connectivity index (χ4n) is 1.61. The number of methoxy groups -OCH3 is 1. The number of likely N-dealkylation sites (N-methyl/N-ethyl adjacent to an activating group) is 1. The summed E-state index contributed by atoms with van der Waals surface area (Å²) < 4.78 is 10.2. The predicted octanol–water partition coefficient (Wildman–Crippen LogP) is 0.798. The Labute approximate surface area is 142 Å². The highest BCUT2D eigenvalue weighted by Crippen LogP contribution is 2.15. The highest BCUT2D eigenvalue weighted by Gasteiger charge is 2.03. The molecule has 0 radical (unpaired) electrons. The summed E-state index contributed by atoms with van der Waals surface area (Å²) >= 11 is 0. The van der Waals surface area contributed by atoms with Gasteiger partial charge in [0.25, 0.3) is 5.91 Å². The molecule has 23 heavy (non-hydrogen) atoms. The molecule has 3 N–H and O–H groups in total. The number of carbonyl (C=O) groups is 2. The molecule has 0 saturated heterocycles. The SMILES string of the molecule is CCNC(=O)COc1ccc(NC(=O)CNCCOC)cc1.Cl. The molecule has 130 valence electrons. The van der Waals surface area contributed by atoms with Gasteiger partial charge >= 0.3 is 0 Å². The van der Waals surface area contributed by atoms with Crippen LogP contribution in [0.3, 0.4) is 0 Å². The number of anilines is 1. The lowest BCUT2D eigenvalue weighted by atomic mass is 10.3. The van der Waals surface area contributed by atoms with E-state index in [0.717, 1.165) is 0 Å². The summed E-state index contributed by atoms with van der Waals surface area (Å²) in [4.78, 5) is 22.9. The van der Waals surface area contributed by atoms with Crippen LogP contribution in [0, 0.1) is 0 Å². The van der Waals surface area contributed by atoms with Gasteiger partial charge in [-0.15, -0.1) is 12.4 Å². The van der Waals surface area contributed by atoms with Crippen molar-refractivity contribution >= 4 is 29.9 Å². The van der Waals surface area contributed by atoms with Crippen molar-refractivity contribution < 1.29 is 19.1 Å². The van der Waals surface area contributed by atoms with E-state index < -0.39 is 0 Å². The molecule has 0 atom stereocenters. The fourth-order valence-corrected chi connectivity index (χ4v) is 1.61. The largest absolute Gasteiger partial charge is 0.484 e. The van der Waals surface area contributed by atoms with Crippen molar-refractivity contribution in [1.82, 2.24) is 10.6 Å². The maximum atomic E-state index is 11.6. The van der Waals surface area contributed by atoms with Crippen LogP contribution in [0.15, 0.2) is 24.3 Å². The van der Waals surface area contributed by atoms with Crippen LogP contribution in [0.25, 0.3) is 0 Å². The number of nitrogens with one attached hydrogen (secondary N) is 3. The van der Waals surface area contributed by atoms with E-state index in [2.05, 4.69) is 16.0 Å². The molecule has 0 saturated carbocycles. The van der Waals surface area contributed by atoms with Crippen molar-refractivity contribution in [2.75, 3.05) is 45.3 Å². The van der Waals surface area contributed by atoms with E-state index in [9.17, 15) is 9.59 Å². The molecule has 8 heteroatoms. The first-order valence-electron chi connectivity index (χ1n) is 7.14. The van der Waals surface area contributed by atoms with Crippen LogP contribution in [0.5, 0.6) is 5.75 Å². The van der Waals surface area contributed by atoms with E-state index in [1.807, 2.05) is 6.92 Å². The molecule has 1 aromatic rings. The van der Waals surface area contributed by atoms with E-state index in [-0.39, 0.29) is 37.4 Å². The number of halogens is 1. The first kappa shape index (κ1) is 21.2. The van der Waals surface area contributed by atoms with E-state index in [4.69, 9.17) is 9.47 Å². The Kier molecular flexibility index (Phi) is 11.7. The number of carbonyl (C=O) groups excluding carboxylic acids is 2. The Hall–Kier alpha value is -1.83. The molecule has 0 heterocycles. The summed E-state index contributed by atoms with van der Waals surface area (Å²) in [6.45, 7) is 3.80. The molecular weight excluding hydrogens is 322 g/mol. The minimum Gasteiger partial charge on any atom is -0.484 e. The summed E-state index contributed by atoms with van der Waals surface area (Å²) in [5.41, 5.74) is 0.670. The van der Waals surface area contributed by atoms with Crippen LogP contribution in [0.2, 0.25) is 0 Å². The second-order valence-electron chi connectivity index (χ2n) is 4.48. The molecule has 0 aliphatic carbocycles. The number of rotatable bonds is 10. The molecule has 2 amide bonds. The van der Waals surface area contributed by atoms with Crippen LogP contribution in [-0.2, 0) is 14.3 Å². The predicted molar refractivity (Wildman–Crippen MR) is 91.2 cm³/mol. The van der Waals surface area contributed by atoms with Gasteiger partial charge in [0, 0.05) is 25.9 Å². The molecule has 0 unspecified atom stereocenters. The quantitative estimate of drug-likeness (QED) is 0.546. The highest BCUT2D eigenvalue weighted by molar-refractivity contribution is 5.92. The van der Waals surface area contributed by atoms with Crippen LogP contribution in [0.4, 0.5) is 5.69 Å². The van der Waals surface area contributed by atoms with Gasteiger partial charge in [-0.05, 0) is 31.2 Å². The third-order valence-electron chi connectivity index (χ3n) is 2.65.